The van der Waals surface area contributed by atoms with Crippen LogP contribution in [0.4, 0.5) is 17.1 Å². The molecule has 0 bridgehead atoms. The fourth-order valence-electron chi connectivity index (χ4n) is 3.82. The summed E-state index contributed by atoms with van der Waals surface area (Å²) in [7, 11) is -4.28. The first kappa shape index (κ1) is 26.3. The van der Waals surface area contributed by atoms with Crippen LogP contribution in [0, 0.1) is 24.0 Å². The minimum atomic E-state index is -4.28. The van der Waals surface area contributed by atoms with Crippen LogP contribution in [0.5, 0.6) is 0 Å². The summed E-state index contributed by atoms with van der Waals surface area (Å²) in [4.78, 5) is 10.2. The molecule has 0 unspecified atom stereocenters. The molecule has 0 fully saturated rings. The van der Waals surface area contributed by atoms with Crippen molar-refractivity contribution in [1.29, 1.82) is 0 Å². The van der Waals surface area contributed by atoms with Gasteiger partial charge in [-0.2, -0.15) is 10.2 Å². The molecule has 4 aromatic rings. The number of sulfonamides is 1. The molecule has 4 rings (SSSR count). The summed E-state index contributed by atoms with van der Waals surface area (Å²) in [6, 6.07) is 19.0. The zero-order chi connectivity index (χ0) is 26.7. The van der Waals surface area contributed by atoms with E-state index in [2.05, 4.69) is 19.5 Å². The molecule has 0 saturated carbocycles. The van der Waals surface area contributed by atoms with Crippen LogP contribution in [0.1, 0.15) is 17.0 Å². The predicted octanol–water partition coefficient (Wildman–Crippen LogP) is 7.39. The van der Waals surface area contributed by atoms with E-state index in [1.165, 1.54) is 24.3 Å². The molecule has 0 radical (unpaired) electrons. The number of para-hydroxylation sites is 1. The van der Waals surface area contributed by atoms with Crippen molar-refractivity contribution in [1.82, 2.24) is 4.57 Å². The summed E-state index contributed by atoms with van der Waals surface area (Å²) in [5.41, 5.74) is 3.44. The highest BCUT2D eigenvalue weighted by Gasteiger charge is 2.23. The first-order valence-electron chi connectivity index (χ1n) is 10.9. The molecule has 0 amide bonds. The van der Waals surface area contributed by atoms with Crippen molar-refractivity contribution >= 4 is 50.3 Å². The highest BCUT2D eigenvalue weighted by Crippen LogP contribution is 2.32. The number of aryl methyl sites for hydroxylation is 1. The van der Waals surface area contributed by atoms with Gasteiger partial charge >= 0.3 is 0 Å². The molecule has 9 nitrogen and oxygen atoms in total. The van der Waals surface area contributed by atoms with Crippen molar-refractivity contribution in [2.24, 2.45) is 10.2 Å². The maximum absolute atomic E-state index is 13.2. The van der Waals surface area contributed by atoms with Crippen molar-refractivity contribution < 1.29 is 13.3 Å². The van der Waals surface area contributed by atoms with Gasteiger partial charge in [0.25, 0.3) is 15.7 Å². The van der Waals surface area contributed by atoms with Gasteiger partial charge < -0.3 is 4.57 Å². The highest BCUT2D eigenvalue weighted by molar-refractivity contribution is 7.92. The average Bonchev–Trinajstić information content (AvgIpc) is 3.13. The largest absolute Gasteiger partial charge is 0.318 e. The summed E-state index contributed by atoms with van der Waals surface area (Å²) in [6.07, 6.45) is 0. The van der Waals surface area contributed by atoms with Gasteiger partial charge in [-0.1, -0.05) is 35.3 Å². The molecule has 1 N–H and O–H groups in total. The van der Waals surface area contributed by atoms with Gasteiger partial charge in [0.2, 0.25) is 0 Å². The Bertz CT molecular complexity index is 1620. The predicted molar refractivity (Wildman–Crippen MR) is 144 cm³/mol. The molecule has 0 aliphatic carbocycles. The number of nitrogens with zero attached hydrogens (tertiary/aromatic N) is 4. The van der Waals surface area contributed by atoms with Gasteiger partial charge in [0, 0.05) is 34.2 Å². The topological polar surface area (TPSA) is 119 Å². The van der Waals surface area contributed by atoms with E-state index >= 15 is 0 Å². The minimum Gasteiger partial charge on any atom is -0.318 e. The van der Waals surface area contributed by atoms with Crippen LogP contribution < -0.4 is 4.72 Å². The third kappa shape index (κ3) is 5.82. The Morgan fingerprint density at radius 2 is 1.70 bits per heavy atom. The Morgan fingerprint density at radius 3 is 2.38 bits per heavy atom. The van der Waals surface area contributed by atoms with Gasteiger partial charge in [-0.15, -0.1) is 0 Å². The second-order valence-electron chi connectivity index (χ2n) is 8.10. The smallest absolute Gasteiger partial charge is 0.270 e. The van der Waals surface area contributed by atoms with E-state index < -0.39 is 25.5 Å². The fraction of sp³-hybridized carbons (Fsp3) is 0.120. The molecule has 0 atom stereocenters. The van der Waals surface area contributed by atoms with Crippen molar-refractivity contribution in [3.63, 3.8) is 0 Å². The number of nitro groups is 1. The molecule has 0 aliphatic rings. The van der Waals surface area contributed by atoms with Gasteiger partial charge in [0.1, 0.15) is 10.6 Å². The zero-order valence-corrected chi connectivity index (χ0v) is 22.0. The quantitative estimate of drug-likeness (QED) is 0.138. The van der Waals surface area contributed by atoms with Gasteiger partial charge in [0.05, 0.1) is 22.2 Å². The normalized spacial score (nSPS) is 11.7. The monoisotopic (exact) mass is 557 g/mol. The summed E-state index contributed by atoms with van der Waals surface area (Å²) in [5, 5.41) is 20.5. The standard InChI is InChI=1S/C25H21Cl2N5O4S/c1-16-13-18(17(2)31(16)20-9-7-19(26)8-10-20)15-28-29-24-12-11-21(32(33)34)14-25(24)37(35,36)30-23-6-4-3-5-22(23)27/h3-14,30H,15H2,1-2H3. The van der Waals surface area contributed by atoms with Crippen molar-refractivity contribution in [2.45, 2.75) is 25.3 Å². The number of non-ortho nitro benzene ring substituents is 1. The number of hydrogen-bond acceptors (Lipinski definition) is 6. The van der Waals surface area contributed by atoms with E-state index in [9.17, 15) is 18.5 Å². The van der Waals surface area contributed by atoms with Gasteiger partial charge in [-0.3, -0.25) is 14.8 Å². The van der Waals surface area contributed by atoms with Gasteiger partial charge in [0.15, 0.2) is 0 Å². The van der Waals surface area contributed by atoms with Crippen LogP contribution >= 0.6 is 23.2 Å². The van der Waals surface area contributed by atoms with E-state index in [-0.39, 0.29) is 22.9 Å². The van der Waals surface area contributed by atoms with Gasteiger partial charge in [-0.05, 0) is 67.9 Å². The number of benzene rings is 3. The van der Waals surface area contributed by atoms with E-state index in [0.717, 1.165) is 28.7 Å². The molecular weight excluding hydrogens is 537 g/mol. The Kier molecular flexibility index (Phi) is 7.63. The van der Waals surface area contributed by atoms with E-state index in [1.807, 2.05) is 44.2 Å². The number of halogens is 2. The number of anilines is 1. The Balaban J connectivity index is 1.65. The first-order chi connectivity index (χ1) is 17.6. The number of nitro benzene ring substituents is 1. The van der Waals surface area contributed by atoms with Crippen LogP contribution in [0.25, 0.3) is 5.69 Å². The maximum Gasteiger partial charge on any atom is 0.270 e. The fourth-order valence-corrected chi connectivity index (χ4v) is 5.42. The lowest BCUT2D eigenvalue weighted by Gasteiger charge is -2.11. The lowest BCUT2D eigenvalue weighted by Crippen LogP contribution is -2.13. The second kappa shape index (κ2) is 10.7. The number of aromatic nitrogens is 1. The van der Waals surface area contributed by atoms with Crippen LogP contribution in [0.15, 0.2) is 87.9 Å². The average molecular weight is 558 g/mol. The molecule has 0 aliphatic heterocycles. The van der Waals surface area contributed by atoms with Crippen LogP contribution in [0.2, 0.25) is 10.0 Å². The molecule has 12 heteroatoms. The third-order valence-corrected chi connectivity index (χ3v) is 7.58. The molecule has 1 aromatic heterocycles. The number of nitrogens with one attached hydrogen (secondary N) is 1. The van der Waals surface area contributed by atoms with Gasteiger partial charge in [-0.25, -0.2) is 8.42 Å². The van der Waals surface area contributed by atoms with Crippen LogP contribution in [-0.2, 0) is 16.6 Å². The third-order valence-electron chi connectivity index (χ3n) is 5.60. The Labute approximate surface area is 223 Å². The van der Waals surface area contributed by atoms with Crippen LogP contribution in [0.3, 0.4) is 0 Å². The molecular formula is C25H21Cl2N5O4S. The SMILES string of the molecule is Cc1cc(CN=Nc2ccc([N+](=O)[O-])cc2S(=O)(=O)Nc2ccccc2Cl)c(C)n1-c1ccc(Cl)cc1. The molecule has 190 valence electrons. The van der Waals surface area contributed by atoms with E-state index in [1.54, 1.807) is 12.1 Å². The van der Waals surface area contributed by atoms with Crippen molar-refractivity contribution in [3.05, 3.63) is 110 Å². The molecule has 0 spiro atoms. The van der Waals surface area contributed by atoms with E-state index in [0.29, 0.717) is 5.02 Å². The highest BCUT2D eigenvalue weighted by atomic mass is 35.5. The minimum absolute atomic E-state index is 0.0448. The van der Waals surface area contributed by atoms with Crippen LogP contribution in [-0.4, -0.2) is 17.9 Å². The molecule has 37 heavy (non-hydrogen) atoms. The van der Waals surface area contributed by atoms with Crippen molar-refractivity contribution in [2.75, 3.05) is 4.72 Å². The summed E-state index contributed by atoms with van der Waals surface area (Å²) < 4.78 is 30.7. The zero-order valence-electron chi connectivity index (χ0n) is 19.7. The molecule has 1 heterocycles. The summed E-state index contributed by atoms with van der Waals surface area (Å²) >= 11 is 12.1. The Morgan fingerprint density at radius 1 is 1.00 bits per heavy atom. The Hall–Kier alpha value is -3.73. The second-order valence-corrected chi connectivity index (χ2v) is 10.6. The first-order valence-corrected chi connectivity index (χ1v) is 13.2. The van der Waals surface area contributed by atoms with E-state index in [4.69, 9.17) is 23.2 Å². The summed E-state index contributed by atoms with van der Waals surface area (Å²) in [5.74, 6) is 0. The molecule has 3 aromatic carbocycles. The van der Waals surface area contributed by atoms with Crippen molar-refractivity contribution in [3.8, 4) is 5.69 Å². The lowest BCUT2D eigenvalue weighted by molar-refractivity contribution is -0.385. The number of azo groups is 1. The number of hydrogen-bond donors (Lipinski definition) is 1. The molecule has 0 saturated heterocycles. The summed E-state index contributed by atoms with van der Waals surface area (Å²) in [6.45, 7) is 4.08. The number of rotatable bonds is 8. The lowest BCUT2D eigenvalue weighted by atomic mass is 10.2. The maximum atomic E-state index is 13.2.